The molecule has 0 fully saturated rings. The van der Waals surface area contributed by atoms with Gasteiger partial charge in [-0.25, -0.2) is 5.84 Å². The van der Waals surface area contributed by atoms with E-state index in [1.807, 2.05) is 17.3 Å². The van der Waals surface area contributed by atoms with E-state index >= 15 is 0 Å². The summed E-state index contributed by atoms with van der Waals surface area (Å²) in [6.07, 6.45) is 4.70. The first-order chi connectivity index (χ1) is 7.84. The van der Waals surface area contributed by atoms with Gasteiger partial charge in [0.2, 0.25) is 0 Å². The fourth-order valence-electron chi connectivity index (χ4n) is 2.14. The van der Waals surface area contributed by atoms with E-state index in [4.69, 9.17) is 5.84 Å². The molecule has 1 aliphatic rings. The smallest absolute Gasteiger partial charge is 0.0550 e. The zero-order chi connectivity index (χ0) is 11.0. The third kappa shape index (κ3) is 1.46. The molecule has 2 heterocycles. The number of nitrogens with zero attached hydrogens (tertiary/aromatic N) is 2. The van der Waals surface area contributed by atoms with Gasteiger partial charge >= 0.3 is 0 Å². The Bertz CT molecular complexity index is 508. The van der Waals surface area contributed by atoms with Crippen molar-refractivity contribution in [2.45, 2.75) is 6.42 Å². The van der Waals surface area contributed by atoms with Crippen molar-refractivity contribution >= 4 is 5.69 Å². The van der Waals surface area contributed by atoms with Crippen molar-refractivity contribution in [3.8, 4) is 11.1 Å². The maximum atomic E-state index is 5.86. The molecule has 1 aromatic heterocycles. The van der Waals surface area contributed by atoms with Gasteiger partial charge < -0.3 is 5.01 Å². The fourth-order valence-corrected chi connectivity index (χ4v) is 2.14. The van der Waals surface area contributed by atoms with Crippen LogP contribution in [-0.2, 0) is 6.42 Å². The van der Waals surface area contributed by atoms with E-state index in [1.165, 1.54) is 11.1 Å². The number of benzene rings is 1. The van der Waals surface area contributed by atoms with Crippen molar-refractivity contribution < 1.29 is 0 Å². The van der Waals surface area contributed by atoms with Crippen LogP contribution in [0.5, 0.6) is 0 Å². The SMILES string of the molecule is NN1CCc2cc(-c3cccnc3)ccc21. The summed E-state index contributed by atoms with van der Waals surface area (Å²) in [5.41, 5.74) is 4.83. The minimum Gasteiger partial charge on any atom is -0.310 e. The summed E-state index contributed by atoms with van der Waals surface area (Å²) in [5.74, 6) is 5.86. The van der Waals surface area contributed by atoms with Crippen LogP contribution in [0.4, 0.5) is 5.69 Å². The third-order valence-corrected chi connectivity index (χ3v) is 3.01. The lowest BCUT2D eigenvalue weighted by atomic mass is 10.0. The highest BCUT2D eigenvalue weighted by atomic mass is 15.4. The minimum atomic E-state index is 0.909. The molecular formula is C13H13N3. The molecule has 0 atom stereocenters. The van der Waals surface area contributed by atoms with E-state index < -0.39 is 0 Å². The number of nitrogens with two attached hydrogens (primary N) is 1. The summed E-state index contributed by atoms with van der Waals surface area (Å²) >= 11 is 0. The van der Waals surface area contributed by atoms with E-state index in [1.54, 1.807) is 6.20 Å². The van der Waals surface area contributed by atoms with Crippen LogP contribution in [0.2, 0.25) is 0 Å². The number of hydrazine groups is 1. The largest absolute Gasteiger partial charge is 0.310 e. The molecule has 2 N–H and O–H groups in total. The zero-order valence-corrected chi connectivity index (χ0v) is 8.93. The van der Waals surface area contributed by atoms with Crippen LogP contribution >= 0.6 is 0 Å². The Labute approximate surface area is 94.5 Å². The van der Waals surface area contributed by atoms with Crippen molar-refractivity contribution in [2.24, 2.45) is 5.84 Å². The average Bonchev–Trinajstić information content (AvgIpc) is 2.72. The first-order valence-corrected chi connectivity index (χ1v) is 5.40. The van der Waals surface area contributed by atoms with Gasteiger partial charge in [0.25, 0.3) is 0 Å². The molecule has 0 saturated heterocycles. The maximum Gasteiger partial charge on any atom is 0.0550 e. The maximum absolute atomic E-state index is 5.86. The van der Waals surface area contributed by atoms with Crippen LogP contribution in [0, 0.1) is 0 Å². The summed E-state index contributed by atoms with van der Waals surface area (Å²) in [4.78, 5) is 4.13. The van der Waals surface area contributed by atoms with Crippen LogP contribution in [0.25, 0.3) is 11.1 Å². The second kappa shape index (κ2) is 3.61. The molecule has 0 radical (unpaired) electrons. The number of aromatic nitrogens is 1. The summed E-state index contributed by atoms with van der Waals surface area (Å²) in [6, 6.07) is 10.4. The van der Waals surface area contributed by atoms with E-state index in [0.717, 1.165) is 24.2 Å². The standard InChI is InChI=1S/C13H13N3/c14-16-7-5-11-8-10(3-4-13(11)16)12-2-1-6-15-9-12/h1-4,6,8-9H,5,7,14H2. The Kier molecular flexibility index (Phi) is 2.11. The minimum absolute atomic E-state index is 0.909. The second-order valence-electron chi connectivity index (χ2n) is 4.03. The molecule has 3 nitrogen and oxygen atoms in total. The van der Waals surface area contributed by atoms with Crippen molar-refractivity contribution in [3.63, 3.8) is 0 Å². The molecule has 3 heteroatoms. The summed E-state index contributed by atoms with van der Waals surface area (Å²) < 4.78 is 0. The molecule has 16 heavy (non-hydrogen) atoms. The molecule has 0 unspecified atom stereocenters. The summed E-state index contributed by atoms with van der Waals surface area (Å²) in [7, 11) is 0. The molecule has 0 amide bonds. The predicted octanol–water partition coefficient (Wildman–Crippen LogP) is 1.98. The van der Waals surface area contributed by atoms with Crippen molar-refractivity contribution in [1.29, 1.82) is 0 Å². The van der Waals surface area contributed by atoms with Gasteiger partial charge in [0.1, 0.15) is 0 Å². The number of pyridine rings is 1. The van der Waals surface area contributed by atoms with Gasteiger partial charge in [-0.15, -0.1) is 0 Å². The highest BCUT2D eigenvalue weighted by molar-refractivity contribution is 5.69. The Hall–Kier alpha value is -1.87. The molecule has 3 rings (SSSR count). The Morgan fingerprint density at radius 1 is 1.19 bits per heavy atom. The number of rotatable bonds is 1. The molecule has 0 spiro atoms. The van der Waals surface area contributed by atoms with Crippen molar-refractivity contribution in [2.75, 3.05) is 11.6 Å². The molecule has 0 bridgehead atoms. The summed E-state index contributed by atoms with van der Waals surface area (Å²) in [6.45, 7) is 0.909. The highest BCUT2D eigenvalue weighted by Crippen LogP contribution is 2.30. The number of hydrogen-bond acceptors (Lipinski definition) is 3. The fraction of sp³-hybridized carbons (Fsp3) is 0.154. The Morgan fingerprint density at radius 2 is 2.12 bits per heavy atom. The Balaban J connectivity index is 2.06. The van der Waals surface area contributed by atoms with E-state index in [9.17, 15) is 0 Å². The lowest BCUT2D eigenvalue weighted by Gasteiger charge is -2.11. The Morgan fingerprint density at radius 3 is 2.94 bits per heavy atom. The molecule has 0 saturated carbocycles. The van der Waals surface area contributed by atoms with Gasteiger partial charge in [0.15, 0.2) is 0 Å². The van der Waals surface area contributed by atoms with Crippen molar-refractivity contribution in [1.82, 2.24) is 4.98 Å². The zero-order valence-electron chi connectivity index (χ0n) is 8.93. The van der Waals surface area contributed by atoms with E-state index in [-0.39, 0.29) is 0 Å². The van der Waals surface area contributed by atoms with Crippen LogP contribution in [-0.4, -0.2) is 11.5 Å². The van der Waals surface area contributed by atoms with Crippen LogP contribution in [0.3, 0.4) is 0 Å². The third-order valence-electron chi connectivity index (χ3n) is 3.01. The van der Waals surface area contributed by atoms with E-state index in [2.05, 4.69) is 29.2 Å². The normalized spacial score (nSPS) is 13.9. The number of hydrogen-bond donors (Lipinski definition) is 1. The van der Waals surface area contributed by atoms with Gasteiger partial charge in [0.05, 0.1) is 5.69 Å². The molecule has 1 aliphatic heterocycles. The molecule has 80 valence electrons. The van der Waals surface area contributed by atoms with Gasteiger partial charge in [0, 0.05) is 18.9 Å². The quantitative estimate of drug-likeness (QED) is 0.733. The molecular weight excluding hydrogens is 198 g/mol. The molecule has 0 aliphatic carbocycles. The van der Waals surface area contributed by atoms with Crippen LogP contribution in [0.1, 0.15) is 5.56 Å². The predicted molar refractivity (Wildman–Crippen MR) is 64.9 cm³/mol. The monoisotopic (exact) mass is 211 g/mol. The van der Waals surface area contributed by atoms with Gasteiger partial charge in [-0.05, 0) is 41.3 Å². The van der Waals surface area contributed by atoms with Gasteiger partial charge in [-0.2, -0.15) is 0 Å². The lowest BCUT2D eigenvalue weighted by molar-refractivity contribution is 0.891. The average molecular weight is 211 g/mol. The highest BCUT2D eigenvalue weighted by Gasteiger charge is 2.16. The van der Waals surface area contributed by atoms with Crippen LogP contribution < -0.4 is 10.9 Å². The van der Waals surface area contributed by atoms with Gasteiger partial charge in [-0.1, -0.05) is 12.1 Å². The second-order valence-corrected chi connectivity index (χ2v) is 4.03. The number of anilines is 1. The van der Waals surface area contributed by atoms with E-state index in [0.29, 0.717) is 0 Å². The summed E-state index contributed by atoms with van der Waals surface area (Å²) in [5, 5.41) is 1.81. The van der Waals surface area contributed by atoms with Crippen LogP contribution in [0.15, 0.2) is 42.7 Å². The molecule has 1 aromatic carbocycles. The lowest BCUT2D eigenvalue weighted by Crippen LogP contribution is -2.27. The van der Waals surface area contributed by atoms with Crippen molar-refractivity contribution in [3.05, 3.63) is 48.3 Å². The van der Waals surface area contributed by atoms with Gasteiger partial charge in [-0.3, -0.25) is 4.98 Å². The number of fused-ring (bicyclic) bond motifs is 1. The first kappa shape index (κ1) is 9.36. The topological polar surface area (TPSA) is 42.1 Å². The molecule has 2 aromatic rings. The first-order valence-electron chi connectivity index (χ1n) is 5.40.